The van der Waals surface area contributed by atoms with Crippen LogP contribution in [0, 0.1) is 10.1 Å². The Morgan fingerprint density at radius 3 is 2.62 bits per heavy atom. The molecule has 0 aromatic heterocycles. The van der Waals surface area contributed by atoms with E-state index < -0.39 is 4.92 Å². The summed E-state index contributed by atoms with van der Waals surface area (Å²) < 4.78 is 11.6. The summed E-state index contributed by atoms with van der Waals surface area (Å²) in [7, 11) is 1.47. The Hall–Kier alpha value is -1.79. The maximum atomic E-state index is 10.8. The first-order valence-corrected chi connectivity index (χ1v) is 7.07. The fraction of sp³-hybridized carbons (Fsp3) is 0.143. The minimum atomic E-state index is -0.487. The Labute approximate surface area is 134 Å². The highest BCUT2D eigenvalue weighted by Gasteiger charge is 2.13. The summed E-state index contributed by atoms with van der Waals surface area (Å²) in [4.78, 5) is 10.3. The average Bonchev–Trinajstić information content (AvgIpc) is 2.46. The number of hydrogen-bond donors (Lipinski definition) is 0. The number of rotatable bonds is 5. The van der Waals surface area contributed by atoms with Gasteiger partial charge in [-0.1, -0.05) is 33.6 Å². The number of halogens is 2. The van der Waals surface area contributed by atoms with Crippen molar-refractivity contribution >= 4 is 33.2 Å². The topological polar surface area (TPSA) is 61.6 Å². The summed E-state index contributed by atoms with van der Waals surface area (Å²) in [6, 6.07) is 9.59. The highest BCUT2D eigenvalue weighted by molar-refractivity contribution is 9.10. The van der Waals surface area contributed by atoms with Gasteiger partial charge in [-0.2, -0.15) is 0 Å². The minimum absolute atomic E-state index is 0.0623. The number of nitro groups is 1. The van der Waals surface area contributed by atoms with Crippen LogP contribution in [0.15, 0.2) is 40.9 Å². The number of non-ortho nitro benzene ring substituents is 1. The second kappa shape index (κ2) is 6.78. The number of benzene rings is 2. The van der Waals surface area contributed by atoms with Crippen LogP contribution in [0.5, 0.6) is 11.5 Å². The average molecular weight is 373 g/mol. The highest BCUT2D eigenvalue weighted by Crippen LogP contribution is 2.32. The lowest BCUT2D eigenvalue weighted by Crippen LogP contribution is -1.99. The van der Waals surface area contributed by atoms with E-state index >= 15 is 0 Å². The molecule has 0 saturated heterocycles. The minimum Gasteiger partial charge on any atom is -0.493 e. The van der Waals surface area contributed by atoms with E-state index in [1.165, 1.54) is 25.3 Å². The van der Waals surface area contributed by atoms with Crippen LogP contribution in [-0.4, -0.2) is 12.0 Å². The molecule has 0 unspecified atom stereocenters. The number of ether oxygens (including phenoxy) is 2. The van der Waals surface area contributed by atoms with Gasteiger partial charge >= 0.3 is 0 Å². The molecule has 2 rings (SSSR count). The molecule has 0 aliphatic carbocycles. The smallest absolute Gasteiger partial charge is 0.273 e. The summed E-state index contributed by atoms with van der Waals surface area (Å²) in [5, 5.41) is 11.4. The van der Waals surface area contributed by atoms with E-state index in [2.05, 4.69) is 15.9 Å². The summed E-state index contributed by atoms with van der Waals surface area (Å²) in [6.45, 7) is 0.184. The monoisotopic (exact) mass is 371 g/mol. The van der Waals surface area contributed by atoms with Crippen LogP contribution in [0.3, 0.4) is 0 Å². The second-order valence-corrected chi connectivity index (χ2v) is 5.44. The van der Waals surface area contributed by atoms with Crippen molar-refractivity contribution < 1.29 is 14.4 Å². The fourth-order valence-corrected chi connectivity index (χ4v) is 2.41. The maximum absolute atomic E-state index is 10.8. The van der Waals surface area contributed by atoms with Crippen molar-refractivity contribution in [3.05, 3.63) is 61.6 Å². The summed E-state index contributed by atoms with van der Waals surface area (Å²) in [5.41, 5.74) is 0.709. The van der Waals surface area contributed by atoms with E-state index in [4.69, 9.17) is 21.1 Å². The molecule has 0 N–H and O–H groups in total. The molecular formula is C14H11BrClNO4. The van der Waals surface area contributed by atoms with Gasteiger partial charge in [0.25, 0.3) is 5.69 Å². The van der Waals surface area contributed by atoms with Crippen molar-refractivity contribution in [1.29, 1.82) is 0 Å². The van der Waals surface area contributed by atoms with Gasteiger partial charge < -0.3 is 9.47 Å². The van der Waals surface area contributed by atoms with Crippen molar-refractivity contribution in [2.75, 3.05) is 7.11 Å². The molecule has 0 heterocycles. The zero-order valence-electron chi connectivity index (χ0n) is 11.0. The number of nitrogens with zero attached hydrogens (tertiary/aromatic N) is 1. The van der Waals surface area contributed by atoms with Gasteiger partial charge in [0.05, 0.1) is 18.1 Å². The summed E-state index contributed by atoms with van der Waals surface area (Å²) >= 11 is 9.42. The Kier molecular flexibility index (Phi) is 5.03. The molecule has 0 fully saturated rings. The molecule has 0 spiro atoms. The first kappa shape index (κ1) is 15.6. The lowest BCUT2D eigenvalue weighted by molar-refractivity contribution is -0.385. The van der Waals surface area contributed by atoms with Crippen LogP contribution in [0.2, 0.25) is 5.02 Å². The Balaban J connectivity index is 2.22. The Bertz CT molecular complexity index is 678. The summed E-state index contributed by atoms with van der Waals surface area (Å²) in [6.07, 6.45) is 0. The molecule has 21 heavy (non-hydrogen) atoms. The first-order chi connectivity index (χ1) is 10.0. The molecule has 0 amide bonds. The SMILES string of the molecule is COc1ccc([N+](=O)[O-])cc1OCc1ccc(Br)cc1Cl. The van der Waals surface area contributed by atoms with E-state index in [0.29, 0.717) is 16.5 Å². The zero-order chi connectivity index (χ0) is 15.4. The van der Waals surface area contributed by atoms with Gasteiger partial charge in [-0.15, -0.1) is 0 Å². The third-order valence-corrected chi connectivity index (χ3v) is 3.60. The summed E-state index contributed by atoms with van der Waals surface area (Å²) in [5.74, 6) is 0.722. The number of methoxy groups -OCH3 is 1. The van der Waals surface area contributed by atoms with E-state index in [1.54, 1.807) is 6.07 Å². The molecule has 0 bridgehead atoms. The lowest BCUT2D eigenvalue weighted by atomic mass is 10.2. The van der Waals surface area contributed by atoms with Crippen LogP contribution < -0.4 is 9.47 Å². The fourth-order valence-electron chi connectivity index (χ4n) is 1.69. The molecule has 0 saturated carbocycles. The van der Waals surface area contributed by atoms with Gasteiger partial charge in [0.1, 0.15) is 6.61 Å². The molecule has 0 atom stereocenters. The maximum Gasteiger partial charge on any atom is 0.273 e. The normalized spacial score (nSPS) is 10.2. The van der Waals surface area contributed by atoms with Crippen LogP contribution in [0.25, 0.3) is 0 Å². The standard InChI is InChI=1S/C14H11BrClNO4/c1-20-13-5-4-11(17(18)19)7-14(13)21-8-9-2-3-10(15)6-12(9)16/h2-7H,8H2,1H3. The zero-order valence-corrected chi connectivity index (χ0v) is 13.3. The molecule has 110 valence electrons. The van der Waals surface area contributed by atoms with Gasteiger partial charge in [-0.05, 0) is 18.2 Å². The quantitative estimate of drug-likeness (QED) is 0.568. The van der Waals surface area contributed by atoms with Crippen molar-refractivity contribution in [2.24, 2.45) is 0 Å². The van der Waals surface area contributed by atoms with E-state index in [0.717, 1.165) is 10.0 Å². The van der Waals surface area contributed by atoms with E-state index in [-0.39, 0.29) is 12.3 Å². The number of hydrogen-bond acceptors (Lipinski definition) is 4. The molecule has 7 heteroatoms. The predicted molar refractivity (Wildman–Crippen MR) is 83.1 cm³/mol. The van der Waals surface area contributed by atoms with E-state index in [1.807, 2.05) is 12.1 Å². The predicted octanol–water partition coefficient (Wildman–Crippen LogP) is 4.60. The van der Waals surface area contributed by atoms with E-state index in [9.17, 15) is 10.1 Å². The third-order valence-electron chi connectivity index (χ3n) is 2.76. The van der Waals surface area contributed by atoms with Gasteiger partial charge in [0.15, 0.2) is 11.5 Å². The van der Waals surface area contributed by atoms with Gasteiger partial charge in [0.2, 0.25) is 0 Å². The molecule has 2 aromatic carbocycles. The molecular weight excluding hydrogens is 362 g/mol. The molecule has 0 aliphatic rings. The van der Waals surface area contributed by atoms with Crippen LogP contribution in [0.4, 0.5) is 5.69 Å². The van der Waals surface area contributed by atoms with Gasteiger partial charge in [-0.25, -0.2) is 0 Å². The lowest BCUT2D eigenvalue weighted by Gasteiger charge is -2.11. The van der Waals surface area contributed by atoms with Crippen LogP contribution >= 0.6 is 27.5 Å². The van der Waals surface area contributed by atoms with Crippen molar-refractivity contribution in [3.63, 3.8) is 0 Å². The molecule has 2 aromatic rings. The van der Waals surface area contributed by atoms with Gasteiger partial charge in [0, 0.05) is 21.1 Å². The molecule has 0 aliphatic heterocycles. The Morgan fingerprint density at radius 1 is 1.24 bits per heavy atom. The molecule has 0 radical (unpaired) electrons. The van der Waals surface area contributed by atoms with Crippen LogP contribution in [0.1, 0.15) is 5.56 Å². The van der Waals surface area contributed by atoms with Crippen molar-refractivity contribution in [3.8, 4) is 11.5 Å². The number of nitro benzene ring substituents is 1. The van der Waals surface area contributed by atoms with Crippen molar-refractivity contribution in [1.82, 2.24) is 0 Å². The Morgan fingerprint density at radius 2 is 2.00 bits per heavy atom. The van der Waals surface area contributed by atoms with Gasteiger partial charge in [-0.3, -0.25) is 10.1 Å². The third kappa shape index (κ3) is 3.86. The van der Waals surface area contributed by atoms with Crippen molar-refractivity contribution in [2.45, 2.75) is 6.61 Å². The molecule has 5 nitrogen and oxygen atoms in total. The first-order valence-electron chi connectivity index (χ1n) is 5.90. The highest BCUT2D eigenvalue weighted by atomic mass is 79.9. The second-order valence-electron chi connectivity index (χ2n) is 4.12. The van der Waals surface area contributed by atoms with Crippen LogP contribution in [-0.2, 0) is 6.61 Å². The largest absolute Gasteiger partial charge is 0.493 e.